The molecule has 0 radical (unpaired) electrons. The highest BCUT2D eigenvalue weighted by atomic mass is 35.5. The Morgan fingerprint density at radius 2 is 2.00 bits per heavy atom. The SMILES string of the molecule is COC(=O)C1CC(=O)N(C(C(=O)O)c2ccc(Cl)cc2)C1. The molecule has 1 amide bonds. The molecule has 6 nitrogen and oxygen atoms in total. The first kappa shape index (κ1) is 15.3. The molecule has 2 atom stereocenters. The monoisotopic (exact) mass is 311 g/mol. The Morgan fingerprint density at radius 1 is 1.38 bits per heavy atom. The number of hydrogen-bond acceptors (Lipinski definition) is 4. The average molecular weight is 312 g/mol. The van der Waals surface area contributed by atoms with Gasteiger partial charge in [-0.05, 0) is 17.7 Å². The van der Waals surface area contributed by atoms with E-state index < -0.39 is 23.9 Å². The lowest BCUT2D eigenvalue weighted by Crippen LogP contribution is -2.35. The average Bonchev–Trinajstić information content (AvgIpc) is 2.82. The molecule has 2 unspecified atom stereocenters. The van der Waals surface area contributed by atoms with E-state index in [-0.39, 0.29) is 18.9 Å². The largest absolute Gasteiger partial charge is 0.479 e. The third kappa shape index (κ3) is 3.16. The van der Waals surface area contributed by atoms with Crippen molar-refractivity contribution in [2.45, 2.75) is 12.5 Å². The lowest BCUT2D eigenvalue weighted by molar-refractivity contribution is -0.149. The molecular weight excluding hydrogens is 298 g/mol. The number of halogens is 1. The first-order valence-corrected chi connectivity index (χ1v) is 6.67. The lowest BCUT2D eigenvalue weighted by atomic mass is 10.1. The van der Waals surface area contributed by atoms with Crippen molar-refractivity contribution in [3.63, 3.8) is 0 Å². The number of aliphatic carboxylic acids is 1. The smallest absolute Gasteiger partial charge is 0.331 e. The number of carbonyl (C=O) groups excluding carboxylic acids is 2. The molecule has 0 bridgehead atoms. The van der Waals surface area contributed by atoms with Crippen LogP contribution in [0, 0.1) is 5.92 Å². The van der Waals surface area contributed by atoms with E-state index in [1.54, 1.807) is 24.3 Å². The van der Waals surface area contributed by atoms with Gasteiger partial charge in [-0.2, -0.15) is 0 Å². The number of carboxylic acid groups (broad SMARTS) is 1. The summed E-state index contributed by atoms with van der Waals surface area (Å²) < 4.78 is 4.61. The van der Waals surface area contributed by atoms with Crippen molar-refractivity contribution in [2.24, 2.45) is 5.92 Å². The van der Waals surface area contributed by atoms with Crippen LogP contribution in [0.15, 0.2) is 24.3 Å². The van der Waals surface area contributed by atoms with E-state index in [4.69, 9.17) is 11.6 Å². The molecule has 0 spiro atoms. The van der Waals surface area contributed by atoms with E-state index in [1.807, 2.05) is 0 Å². The predicted octanol–water partition coefficient (Wildman–Crippen LogP) is 1.49. The highest BCUT2D eigenvalue weighted by Gasteiger charge is 2.41. The molecular formula is C14H14ClNO5. The Kier molecular flexibility index (Phi) is 4.47. The van der Waals surface area contributed by atoms with Gasteiger partial charge in [0, 0.05) is 18.0 Å². The summed E-state index contributed by atoms with van der Waals surface area (Å²) in [5.74, 6) is -2.67. The molecule has 1 heterocycles. The normalized spacial score (nSPS) is 19.4. The van der Waals surface area contributed by atoms with Crippen LogP contribution in [0.2, 0.25) is 5.02 Å². The lowest BCUT2D eigenvalue weighted by Gasteiger charge is -2.24. The maximum atomic E-state index is 12.0. The molecule has 0 saturated carbocycles. The minimum atomic E-state index is -1.16. The van der Waals surface area contributed by atoms with Crippen LogP contribution in [-0.2, 0) is 19.1 Å². The van der Waals surface area contributed by atoms with E-state index in [2.05, 4.69) is 4.74 Å². The standard InChI is InChI=1S/C14H14ClNO5/c1-21-14(20)9-6-11(17)16(7-9)12(13(18)19)8-2-4-10(15)5-3-8/h2-5,9,12H,6-7H2,1H3,(H,18,19). The molecule has 2 rings (SSSR count). The Balaban J connectivity index is 2.27. The van der Waals surface area contributed by atoms with Crippen LogP contribution in [0.4, 0.5) is 0 Å². The number of nitrogens with zero attached hydrogens (tertiary/aromatic N) is 1. The maximum absolute atomic E-state index is 12.0. The summed E-state index contributed by atoms with van der Waals surface area (Å²) in [5.41, 5.74) is 0.436. The topological polar surface area (TPSA) is 83.9 Å². The second-order valence-electron chi connectivity index (χ2n) is 4.76. The maximum Gasteiger partial charge on any atom is 0.331 e. The van der Waals surface area contributed by atoms with Gasteiger partial charge in [-0.25, -0.2) is 4.79 Å². The Hall–Kier alpha value is -2.08. The van der Waals surface area contributed by atoms with Crippen molar-refractivity contribution in [3.8, 4) is 0 Å². The second kappa shape index (κ2) is 6.13. The van der Waals surface area contributed by atoms with Crippen LogP contribution in [0.5, 0.6) is 0 Å². The van der Waals surface area contributed by atoms with Gasteiger partial charge in [0.1, 0.15) is 0 Å². The van der Waals surface area contributed by atoms with Crippen LogP contribution in [0.25, 0.3) is 0 Å². The number of ether oxygens (including phenoxy) is 1. The second-order valence-corrected chi connectivity index (χ2v) is 5.20. The third-order valence-corrected chi connectivity index (χ3v) is 3.68. The minimum Gasteiger partial charge on any atom is -0.479 e. The predicted molar refractivity (Wildman–Crippen MR) is 73.7 cm³/mol. The Bertz CT molecular complexity index is 571. The zero-order valence-corrected chi connectivity index (χ0v) is 12.0. The van der Waals surface area contributed by atoms with Crippen molar-refractivity contribution in [2.75, 3.05) is 13.7 Å². The zero-order valence-electron chi connectivity index (χ0n) is 11.3. The Morgan fingerprint density at radius 3 is 2.52 bits per heavy atom. The molecule has 1 saturated heterocycles. The number of benzene rings is 1. The fraction of sp³-hybridized carbons (Fsp3) is 0.357. The van der Waals surface area contributed by atoms with E-state index in [0.717, 1.165) is 0 Å². The fourth-order valence-corrected chi connectivity index (χ4v) is 2.53. The summed E-state index contributed by atoms with van der Waals surface area (Å²) in [5, 5.41) is 9.89. The highest BCUT2D eigenvalue weighted by molar-refractivity contribution is 6.30. The van der Waals surface area contributed by atoms with Gasteiger partial charge in [0.2, 0.25) is 5.91 Å². The molecule has 1 aromatic carbocycles. The molecule has 21 heavy (non-hydrogen) atoms. The van der Waals surface area contributed by atoms with Gasteiger partial charge >= 0.3 is 11.9 Å². The number of methoxy groups -OCH3 is 1. The molecule has 1 fully saturated rings. The first-order chi connectivity index (χ1) is 9.93. The molecule has 1 aliphatic rings. The van der Waals surface area contributed by atoms with Crippen LogP contribution >= 0.6 is 11.6 Å². The van der Waals surface area contributed by atoms with Gasteiger partial charge < -0.3 is 14.7 Å². The highest BCUT2D eigenvalue weighted by Crippen LogP contribution is 2.30. The van der Waals surface area contributed by atoms with E-state index >= 15 is 0 Å². The van der Waals surface area contributed by atoms with E-state index in [0.29, 0.717) is 10.6 Å². The minimum absolute atomic E-state index is 0.0328. The quantitative estimate of drug-likeness (QED) is 0.852. The summed E-state index contributed by atoms with van der Waals surface area (Å²) in [7, 11) is 1.24. The number of amides is 1. The van der Waals surface area contributed by atoms with Gasteiger partial charge in [-0.15, -0.1) is 0 Å². The van der Waals surface area contributed by atoms with Crippen LogP contribution < -0.4 is 0 Å². The van der Waals surface area contributed by atoms with E-state index in [1.165, 1.54) is 12.0 Å². The van der Waals surface area contributed by atoms with Crippen LogP contribution in [0.3, 0.4) is 0 Å². The number of likely N-dealkylation sites (tertiary alicyclic amines) is 1. The summed E-state index contributed by atoms with van der Waals surface area (Å²) in [6.45, 7) is 0.0328. The third-order valence-electron chi connectivity index (χ3n) is 3.42. The number of hydrogen-bond donors (Lipinski definition) is 1. The molecule has 0 aliphatic carbocycles. The Labute approximate surface area is 126 Å². The van der Waals surface area contributed by atoms with Crippen molar-refractivity contribution in [3.05, 3.63) is 34.9 Å². The molecule has 1 aromatic rings. The number of carbonyl (C=O) groups is 3. The summed E-state index contributed by atoms with van der Waals surface area (Å²) in [4.78, 5) is 36.2. The number of rotatable bonds is 4. The van der Waals surface area contributed by atoms with Gasteiger partial charge in [0.05, 0.1) is 13.0 Å². The van der Waals surface area contributed by atoms with Crippen molar-refractivity contribution in [1.29, 1.82) is 0 Å². The van der Waals surface area contributed by atoms with Crippen molar-refractivity contribution >= 4 is 29.4 Å². The molecule has 7 heteroatoms. The van der Waals surface area contributed by atoms with Crippen LogP contribution in [-0.4, -0.2) is 41.5 Å². The number of esters is 1. The summed E-state index contributed by atoms with van der Waals surface area (Å²) in [6.07, 6.45) is -0.0377. The zero-order chi connectivity index (χ0) is 15.6. The molecule has 0 aromatic heterocycles. The molecule has 1 aliphatic heterocycles. The van der Waals surface area contributed by atoms with Crippen LogP contribution in [0.1, 0.15) is 18.0 Å². The van der Waals surface area contributed by atoms with Crippen molar-refractivity contribution in [1.82, 2.24) is 4.90 Å². The fourth-order valence-electron chi connectivity index (χ4n) is 2.41. The van der Waals surface area contributed by atoms with E-state index in [9.17, 15) is 19.5 Å². The van der Waals surface area contributed by atoms with Gasteiger partial charge in [-0.1, -0.05) is 23.7 Å². The molecule has 112 valence electrons. The van der Waals surface area contributed by atoms with Gasteiger partial charge in [0.15, 0.2) is 6.04 Å². The number of carboxylic acids is 1. The summed E-state index contributed by atoms with van der Waals surface area (Å²) >= 11 is 5.78. The van der Waals surface area contributed by atoms with Gasteiger partial charge in [-0.3, -0.25) is 9.59 Å². The van der Waals surface area contributed by atoms with Gasteiger partial charge in [0.25, 0.3) is 0 Å². The summed E-state index contributed by atoms with van der Waals surface area (Å²) in [6, 6.07) is 5.10. The first-order valence-electron chi connectivity index (χ1n) is 6.29. The van der Waals surface area contributed by atoms with Crippen molar-refractivity contribution < 1.29 is 24.2 Å². The molecule has 1 N–H and O–H groups in total.